The van der Waals surface area contributed by atoms with Gasteiger partial charge in [0.15, 0.2) is 0 Å². The lowest BCUT2D eigenvalue weighted by Crippen LogP contribution is -2.53. The lowest BCUT2D eigenvalue weighted by atomic mass is 10.0. The minimum atomic E-state index is -0.807. The van der Waals surface area contributed by atoms with Gasteiger partial charge in [0.2, 0.25) is 5.13 Å². The van der Waals surface area contributed by atoms with Crippen LogP contribution in [0, 0.1) is 0 Å². The topological polar surface area (TPSA) is 88.1 Å². The van der Waals surface area contributed by atoms with Crippen LogP contribution in [-0.2, 0) is 10.8 Å². The van der Waals surface area contributed by atoms with E-state index in [0.29, 0.717) is 16.4 Å². The van der Waals surface area contributed by atoms with Crippen molar-refractivity contribution in [3.63, 3.8) is 0 Å². The van der Waals surface area contributed by atoms with Crippen LogP contribution in [0.15, 0.2) is 23.8 Å². The van der Waals surface area contributed by atoms with E-state index >= 15 is 0 Å². The first-order chi connectivity index (χ1) is 12.1. The molecule has 1 aliphatic heterocycles. The Labute approximate surface area is 153 Å². The first-order valence-electron chi connectivity index (χ1n) is 8.25. The van der Waals surface area contributed by atoms with E-state index in [2.05, 4.69) is 39.2 Å². The number of carbonyl (C=O) groups excluding carboxylic acids is 1. The summed E-state index contributed by atoms with van der Waals surface area (Å²) in [7, 11) is -0.807. The van der Waals surface area contributed by atoms with E-state index in [1.807, 2.05) is 6.07 Å². The highest BCUT2D eigenvalue weighted by molar-refractivity contribution is 7.86. The van der Waals surface area contributed by atoms with Gasteiger partial charge in [0, 0.05) is 35.8 Å². The van der Waals surface area contributed by atoms with Crippen molar-refractivity contribution in [2.75, 3.05) is 29.1 Å². The SMILES string of the molecule is CCC1(CC)CN(c2ccc(C(=O)Nc3nncs3)cn2)CCS1=O. The minimum Gasteiger partial charge on any atom is -0.354 e. The third-order valence-corrected chi connectivity index (χ3v) is 7.54. The van der Waals surface area contributed by atoms with Crippen LogP contribution in [0.25, 0.3) is 0 Å². The van der Waals surface area contributed by atoms with Crippen molar-refractivity contribution in [2.45, 2.75) is 31.4 Å². The monoisotopic (exact) mass is 379 g/mol. The van der Waals surface area contributed by atoms with Crippen LogP contribution in [0.1, 0.15) is 37.0 Å². The Morgan fingerprint density at radius 2 is 2.20 bits per heavy atom. The molecule has 1 unspecified atom stereocenters. The number of hydrogen-bond acceptors (Lipinski definition) is 7. The van der Waals surface area contributed by atoms with Gasteiger partial charge in [-0.1, -0.05) is 25.2 Å². The van der Waals surface area contributed by atoms with Gasteiger partial charge >= 0.3 is 0 Å². The van der Waals surface area contributed by atoms with E-state index in [1.165, 1.54) is 11.3 Å². The predicted octanol–water partition coefficient (Wildman–Crippen LogP) is 2.31. The molecule has 0 spiro atoms. The van der Waals surface area contributed by atoms with Crippen LogP contribution in [0.5, 0.6) is 0 Å². The molecule has 2 aromatic heterocycles. The molecule has 0 saturated carbocycles. The third-order valence-electron chi connectivity index (χ3n) is 4.71. The molecule has 0 radical (unpaired) electrons. The summed E-state index contributed by atoms with van der Waals surface area (Å²) in [6, 6.07) is 3.60. The molecule has 1 saturated heterocycles. The summed E-state index contributed by atoms with van der Waals surface area (Å²) in [5.41, 5.74) is 2.03. The van der Waals surface area contributed by atoms with E-state index in [4.69, 9.17) is 0 Å². The summed E-state index contributed by atoms with van der Waals surface area (Å²) in [5, 5.41) is 10.6. The molecular formula is C16H21N5O2S2. The number of nitrogens with zero attached hydrogens (tertiary/aromatic N) is 4. The lowest BCUT2D eigenvalue weighted by Gasteiger charge is -2.41. The number of nitrogens with one attached hydrogen (secondary N) is 1. The van der Waals surface area contributed by atoms with Crippen molar-refractivity contribution in [2.24, 2.45) is 0 Å². The Balaban J connectivity index is 1.72. The second-order valence-electron chi connectivity index (χ2n) is 5.96. The highest BCUT2D eigenvalue weighted by atomic mass is 32.2. The van der Waals surface area contributed by atoms with E-state index in [0.717, 1.165) is 31.7 Å². The number of hydrogen-bond donors (Lipinski definition) is 1. The second kappa shape index (κ2) is 7.57. The van der Waals surface area contributed by atoms with E-state index in [-0.39, 0.29) is 10.7 Å². The predicted molar refractivity (Wildman–Crippen MR) is 101 cm³/mol. The molecule has 1 atom stereocenters. The standard InChI is InChI=1S/C16H21N5O2S2/c1-3-16(4-2)10-21(7-8-25(16)23)13-6-5-12(9-17-13)14(22)19-15-20-18-11-24-15/h5-6,9,11H,3-4,7-8,10H2,1-2H3,(H,19,20,22). The molecule has 9 heteroatoms. The first kappa shape index (κ1) is 17.9. The van der Waals surface area contributed by atoms with Crippen LogP contribution >= 0.6 is 11.3 Å². The Morgan fingerprint density at radius 3 is 2.80 bits per heavy atom. The summed E-state index contributed by atoms with van der Waals surface area (Å²) in [6.07, 6.45) is 3.33. The van der Waals surface area contributed by atoms with Gasteiger partial charge in [0.1, 0.15) is 11.3 Å². The van der Waals surface area contributed by atoms with Crippen LogP contribution < -0.4 is 10.2 Å². The Morgan fingerprint density at radius 1 is 1.40 bits per heavy atom. The minimum absolute atomic E-state index is 0.173. The molecule has 134 valence electrons. The Kier molecular flexibility index (Phi) is 5.43. The maximum atomic E-state index is 12.5. The number of amides is 1. The van der Waals surface area contributed by atoms with E-state index in [1.54, 1.807) is 17.8 Å². The highest BCUT2D eigenvalue weighted by Gasteiger charge is 2.39. The number of carbonyl (C=O) groups is 1. The summed E-state index contributed by atoms with van der Waals surface area (Å²) in [5.74, 6) is 1.21. The highest BCUT2D eigenvalue weighted by Crippen LogP contribution is 2.30. The summed E-state index contributed by atoms with van der Waals surface area (Å²) >= 11 is 1.27. The molecule has 25 heavy (non-hydrogen) atoms. The van der Waals surface area contributed by atoms with Gasteiger partial charge in [-0.2, -0.15) is 0 Å². The van der Waals surface area contributed by atoms with Gasteiger partial charge in [-0.15, -0.1) is 10.2 Å². The molecule has 1 fully saturated rings. The van der Waals surface area contributed by atoms with Crippen molar-refractivity contribution in [1.82, 2.24) is 15.2 Å². The molecule has 2 aromatic rings. The average molecular weight is 380 g/mol. The fourth-order valence-electron chi connectivity index (χ4n) is 3.00. The van der Waals surface area contributed by atoms with Crippen LogP contribution in [0.2, 0.25) is 0 Å². The molecule has 0 aromatic carbocycles. The number of anilines is 2. The van der Waals surface area contributed by atoms with Crippen molar-refractivity contribution < 1.29 is 9.00 Å². The van der Waals surface area contributed by atoms with Gasteiger partial charge in [-0.05, 0) is 25.0 Å². The Hall–Kier alpha value is -1.87. The van der Waals surface area contributed by atoms with Gasteiger partial charge in [0.05, 0.1) is 10.3 Å². The number of pyridine rings is 1. The van der Waals surface area contributed by atoms with Crippen molar-refractivity contribution in [1.29, 1.82) is 0 Å². The van der Waals surface area contributed by atoms with Crippen LogP contribution in [0.4, 0.5) is 10.9 Å². The molecular weight excluding hydrogens is 358 g/mol. The summed E-state index contributed by atoms with van der Waals surface area (Å²) in [6.45, 7) is 5.64. The average Bonchev–Trinajstić information content (AvgIpc) is 3.15. The maximum absolute atomic E-state index is 12.5. The molecule has 3 heterocycles. The normalized spacial score (nSPS) is 19.6. The summed E-state index contributed by atoms with van der Waals surface area (Å²) in [4.78, 5) is 18.8. The lowest BCUT2D eigenvalue weighted by molar-refractivity contribution is 0.102. The summed E-state index contributed by atoms with van der Waals surface area (Å²) < 4.78 is 12.3. The zero-order valence-corrected chi connectivity index (χ0v) is 15.9. The van der Waals surface area contributed by atoms with Crippen molar-refractivity contribution in [3.8, 4) is 0 Å². The van der Waals surface area contributed by atoms with E-state index in [9.17, 15) is 9.00 Å². The fourth-order valence-corrected chi connectivity index (χ4v) is 5.21. The Bertz CT molecular complexity index is 744. The molecule has 1 N–H and O–H groups in total. The quantitative estimate of drug-likeness (QED) is 0.858. The first-order valence-corrected chi connectivity index (χ1v) is 10.4. The largest absolute Gasteiger partial charge is 0.354 e. The van der Waals surface area contributed by atoms with Crippen LogP contribution in [-0.4, -0.2) is 48.9 Å². The number of aromatic nitrogens is 3. The van der Waals surface area contributed by atoms with Gasteiger partial charge in [0.25, 0.3) is 5.91 Å². The fraction of sp³-hybridized carbons (Fsp3) is 0.500. The van der Waals surface area contributed by atoms with Gasteiger partial charge < -0.3 is 4.90 Å². The van der Waals surface area contributed by atoms with Gasteiger partial charge in [-0.25, -0.2) is 4.98 Å². The molecule has 3 rings (SSSR count). The number of rotatable bonds is 5. The van der Waals surface area contributed by atoms with Crippen molar-refractivity contribution in [3.05, 3.63) is 29.4 Å². The van der Waals surface area contributed by atoms with Crippen molar-refractivity contribution >= 4 is 39.0 Å². The zero-order valence-electron chi connectivity index (χ0n) is 14.3. The maximum Gasteiger partial charge on any atom is 0.259 e. The molecule has 0 bridgehead atoms. The molecule has 1 amide bonds. The molecule has 7 nitrogen and oxygen atoms in total. The van der Waals surface area contributed by atoms with Gasteiger partial charge in [-0.3, -0.25) is 14.3 Å². The second-order valence-corrected chi connectivity index (χ2v) is 8.76. The smallest absolute Gasteiger partial charge is 0.259 e. The van der Waals surface area contributed by atoms with Crippen LogP contribution in [0.3, 0.4) is 0 Å². The van der Waals surface area contributed by atoms with E-state index < -0.39 is 10.8 Å². The molecule has 1 aliphatic rings. The zero-order chi connectivity index (χ0) is 17.9. The third kappa shape index (κ3) is 3.72. The molecule has 0 aliphatic carbocycles.